The van der Waals surface area contributed by atoms with E-state index in [0.717, 1.165) is 21.3 Å². The Bertz CT molecular complexity index is 1380. The lowest BCUT2D eigenvalue weighted by Crippen LogP contribution is -2.09. The number of hydrogen-bond donors (Lipinski definition) is 1. The van der Waals surface area contributed by atoms with E-state index < -0.39 is 5.97 Å². The first-order valence-corrected chi connectivity index (χ1v) is 12.2. The Morgan fingerprint density at radius 3 is 2.74 bits per heavy atom. The van der Waals surface area contributed by atoms with Crippen LogP contribution in [0.3, 0.4) is 0 Å². The summed E-state index contributed by atoms with van der Waals surface area (Å²) < 4.78 is 11.7. The van der Waals surface area contributed by atoms with Crippen molar-refractivity contribution in [2.75, 3.05) is 12.5 Å². The van der Waals surface area contributed by atoms with Crippen LogP contribution < -0.4 is 14.9 Å². The fourth-order valence-electron chi connectivity index (χ4n) is 2.93. The molecule has 0 saturated heterocycles. The van der Waals surface area contributed by atoms with Crippen molar-refractivity contribution < 1.29 is 14.3 Å². The van der Waals surface area contributed by atoms with Crippen LogP contribution in [0.15, 0.2) is 75.6 Å². The molecule has 0 radical (unpaired) electrons. The van der Waals surface area contributed by atoms with Gasteiger partial charge in [0.1, 0.15) is 0 Å². The van der Waals surface area contributed by atoms with Gasteiger partial charge in [-0.2, -0.15) is 5.10 Å². The van der Waals surface area contributed by atoms with Crippen LogP contribution in [0.25, 0.3) is 11.3 Å². The number of nitrogens with zero attached hydrogens (tertiary/aromatic N) is 2. The van der Waals surface area contributed by atoms with Gasteiger partial charge < -0.3 is 9.47 Å². The number of carbonyl (C=O) groups excluding carboxylic acids is 1. The molecule has 0 spiro atoms. The highest BCUT2D eigenvalue weighted by Gasteiger charge is 2.13. The van der Waals surface area contributed by atoms with Gasteiger partial charge in [-0.25, -0.2) is 9.78 Å². The summed E-state index contributed by atoms with van der Waals surface area (Å²) >= 11 is 17.0. The van der Waals surface area contributed by atoms with Gasteiger partial charge in [-0.15, -0.1) is 11.3 Å². The van der Waals surface area contributed by atoms with E-state index in [2.05, 4.69) is 31.4 Å². The molecule has 4 rings (SSSR count). The number of esters is 1. The molecule has 4 aromatic rings. The summed E-state index contributed by atoms with van der Waals surface area (Å²) in [5.74, 6) is 0.228. The monoisotopic (exact) mass is 575 g/mol. The van der Waals surface area contributed by atoms with E-state index in [1.807, 2.05) is 17.5 Å². The lowest BCUT2D eigenvalue weighted by Gasteiger charge is -2.10. The van der Waals surface area contributed by atoms with E-state index in [0.29, 0.717) is 32.2 Å². The van der Waals surface area contributed by atoms with Crippen molar-refractivity contribution in [3.63, 3.8) is 0 Å². The summed E-state index contributed by atoms with van der Waals surface area (Å²) in [6.45, 7) is 0. The van der Waals surface area contributed by atoms with E-state index >= 15 is 0 Å². The lowest BCUT2D eigenvalue weighted by molar-refractivity contribution is 0.0729. The normalized spacial score (nSPS) is 10.9. The minimum absolute atomic E-state index is 0.307. The van der Waals surface area contributed by atoms with Crippen molar-refractivity contribution in [2.45, 2.75) is 0 Å². The number of carbonyl (C=O) groups is 1. The largest absolute Gasteiger partial charge is 0.493 e. The maximum Gasteiger partial charge on any atom is 0.343 e. The van der Waals surface area contributed by atoms with Crippen LogP contribution >= 0.6 is 50.5 Å². The highest BCUT2D eigenvalue weighted by atomic mass is 79.9. The van der Waals surface area contributed by atoms with E-state index in [9.17, 15) is 4.79 Å². The number of hydrogen-bond acceptors (Lipinski definition) is 7. The summed E-state index contributed by atoms with van der Waals surface area (Å²) in [5.41, 5.74) is 5.58. The van der Waals surface area contributed by atoms with Gasteiger partial charge in [0.25, 0.3) is 0 Å². The van der Waals surface area contributed by atoms with Crippen LogP contribution in [0.2, 0.25) is 10.0 Å². The summed E-state index contributed by atoms with van der Waals surface area (Å²) in [6, 6.07) is 17.4. The van der Waals surface area contributed by atoms with Crippen LogP contribution in [0.5, 0.6) is 11.5 Å². The lowest BCUT2D eigenvalue weighted by atomic mass is 10.2. The molecule has 3 aromatic carbocycles. The second kappa shape index (κ2) is 11.0. The quantitative estimate of drug-likeness (QED) is 0.106. The van der Waals surface area contributed by atoms with Gasteiger partial charge in [0, 0.05) is 20.4 Å². The first-order chi connectivity index (χ1) is 16.4. The molecular weight excluding hydrogens is 561 g/mol. The average Bonchev–Trinajstić information content (AvgIpc) is 3.28. The minimum atomic E-state index is -0.483. The van der Waals surface area contributed by atoms with Gasteiger partial charge in [-0.1, -0.05) is 45.2 Å². The summed E-state index contributed by atoms with van der Waals surface area (Å²) in [7, 11) is 1.50. The SMILES string of the molecule is COc1cc(/C=N\Nc2nc(-c3ccc(Cl)cc3Cl)cs2)ccc1OC(=O)c1cccc(Br)c1. The molecule has 6 nitrogen and oxygen atoms in total. The maximum absolute atomic E-state index is 12.4. The summed E-state index contributed by atoms with van der Waals surface area (Å²) in [4.78, 5) is 16.9. The average molecular weight is 577 g/mol. The van der Waals surface area contributed by atoms with E-state index in [-0.39, 0.29) is 0 Å². The topological polar surface area (TPSA) is 72.8 Å². The van der Waals surface area contributed by atoms with E-state index in [1.165, 1.54) is 18.4 Å². The third-order valence-electron chi connectivity index (χ3n) is 4.54. The molecule has 0 aliphatic carbocycles. The molecule has 0 amide bonds. The standard InChI is InChI=1S/C24H16BrCl2N3O3S/c1-32-22-9-14(5-8-21(22)33-23(31)15-3-2-4-16(25)10-15)12-28-30-24-29-20(13-34-24)18-7-6-17(26)11-19(18)27/h2-13H,1H3,(H,29,30)/b28-12-. The predicted molar refractivity (Wildman–Crippen MR) is 141 cm³/mol. The van der Waals surface area contributed by atoms with Gasteiger partial charge in [0.05, 0.1) is 29.6 Å². The molecule has 172 valence electrons. The van der Waals surface area contributed by atoms with Gasteiger partial charge >= 0.3 is 5.97 Å². The smallest absolute Gasteiger partial charge is 0.343 e. The number of aromatic nitrogens is 1. The van der Waals surface area contributed by atoms with Crippen molar-refractivity contribution >= 4 is 67.8 Å². The van der Waals surface area contributed by atoms with Crippen LogP contribution in [0.4, 0.5) is 5.13 Å². The molecule has 0 atom stereocenters. The van der Waals surface area contributed by atoms with Gasteiger partial charge in [0.2, 0.25) is 5.13 Å². The zero-order valence-electron chi connectivity index (χ0n) is 17.6. The highest BCUT2D eigenvalue weighted by Crippen LogP contribution is 2.32. The van der Waals surface area contributed by atoms with Crippen molar-refractivity contribution in [2.24, 2.45) is 5.10 Å². The Kier molecular flexibility index (Phi) is 7.84. The fraction of sp³-hybridized carbons (Fsp3) is 0.0417. The van der Waals surface area contributed by atoms with E-state index in [4.69, 9.17) is 32.7 Å². The zero-order chi connectivity index (χ0) is 24.1. The molecule has 0 bridgehead atoms. The highest BCUT2D eigenvalue weighted by molar-refractivity contribution is 9.10. The second-order valence-electron chi connectivity index (χ2n) is 6.84. The molecule has 0 unspecified atom stereocenters. The van der Waals surface area contributed by atoms with Crippen molar-refractivity contribution in [1.29, 1.82) is 0 Å². The molecule has 1 aromatic heterocycles. The Labute approximate surface area is 218 Å². The molecular formula is C24H16BrCl2N3O3S. The summed E-state index contributed by atoms with van der Waals surface area (Å²) in [6.07, 6.45) is 1.61. The Hall–Kier alpha value is -2.91. The van der Waals surface area contributed by atoms with Crippen LogP contribution in [0.1, 0.15) is 15.9 Å². The van der Waals surface area contributed by atoms with Gasteiger partial charge in [0.15, 0.2) is 11.5 Å². The van der Waals surface area contributed by atoms with Crippen molar-refractivity contribution in [3.8, 4) is 22.8 Å². The number of anilines is 1. The van der Waals surface area contributed by atoms with Gasteiger partial charge in [-0.3, -0.25) is 5.43 Å². The number of benzene rings is 3. The third kappa shape index (κ3) is 5.95. The van der Waals surface area contributed by atoms with E-state index in [1.54, 1.807) is 54.7 Å². The number of halogens is 3. The molecule has 0 aliphatic heterocycles. The van der Waals surface area contributed by atoms with Gasteiger partial charge in [-0.05, 0) is 60.2 Å². The van der Waals surface area contributed by atoms with Crippen LogP contribution in [-0.4, -0.2) is 24.3 Å². The zero-order valence-corrected chi connectivity index (χ0v) is 21.5. The molecule has 34 heavy (non-hydrogen) atoms. The molecule has 0 fully saturated rings. The van der Waals surface area contributed by atoms with Crippen LogP contribution in [0, 0.1) is 0 Å². The maximum atomic E-state index is 12.4. The number of nitrogens with one attached hydrogen (secondary N) is 1. The number of hydrazone groups is 1. The number of rotatable bonds is 7. The third-order valence-corrected chi connectivity index (χ3v) is 6.32. The molecule has 1 heterocycles. The second-order valence-corrected chi connectivity index (χ2v) is 9.46. The molecule has 1 N–H and O–H groups in total. The van der Waals surface area contributed by atoms with Crippen molar-refractivity contribution in [3.05, 3.63) is 91.7 Å². The molecule has 0 saturated carbocycles. The number of ether oxygens (including phenoxy) is 2. The van der Waals surface area contributed by atoms with Crippen molar-refractivity contribution in [1.82, 2.24) is 4.98 Å². The minimum Gasteiger partial charge on any atom is -0.493 e. The Balaban J connectivity index is 1.43. The summed E-state index contributed by atoms with van der Waals surface area (Å²) in [5, 5.41) is 7.80. The number of methoxy groups -OCH3 is 1. The predicted octanol–water partition coefficient (Wildman–Crippen LogP) is 7.55. The number of thiazole rings is 1. The first kappa shape index (κ1) is 24.2. The Morgan fingerprint density at radius 2 is 1.97 bits per heavy atom. The molecule has 0 aliphatic rings. The Morgan fingerprint density at radius 1 is 1.12 bits per heavy atom. The first-order valence-electron chi connectivity index (χ1n) is 9.79. The fourth-order valence-corrected chi connectivity index (χ4v) is 4.50. The van der Waals surface area contributed by atoms with Crippen LogP contribution in [-0.2, 0) is 0 Å². The molecule has 10 heteroatoms.